The summed E-state index contributed by atoms with van der Waals surface area (Å²) in [5.41, 5.74) is 4.90. The smallest absolute Gasteiger partial charge is 0.260 e. The van der Waals surface area contributed by atoms with Crippen LogP contribution in [-0.4, -0.2) is 43.3 Å². The van der Waals surface area contributed by atoms with E-state index in [1.807, 2.05) is 72.5 Å². The van der Waals surface area contributed by atoms with Crippen molar-refractivity contribution in [3.63, 3.8) is 0 Å². The Balaban J connectivity index is 1.45. The molecule has 0 saturated carbocycles. The second-order valence-electron chi connectivity index (χ2n) is 9.03. The van der Waals surface area contributed by atoms with Crippen molar-refractivity contribution in [2.24, 2.45) is 5.16 Å². The largest absolute Gasteiger partial charge is 0.497 e. The zero-order valence-electron chi connectivity index (χ0n) is 21.1. The summed E-state index contributed by atoms with van der Waals surface area (Å²) >= 11 is 0. The molecule has 188 valence electrons. The number of hydrogen-bond acceptors (Lipinski definition) is 5. The van der Waals surface area contributed by atoms with E-state index in [0.717, 1.165) is 59.6 Å². The van der Waals surface area contributed by atoms with E-state index >= 15 is 0 Å². The standard InChI is InChI=1S/C30H34N2O4/c1-23-19-26(13-16-29(23)35-22-30(33)32-17-7-4-8-18-32)28(20-24-9-5-3-6-10-24)31-36-21-25-11-14-27(34-2)15-12-25/h3,5-6,9-16,19H,4,7-8,17-18,20-22H2,1-2H3/b31-28-. The van der Waals surface area contributed by atoms with E-state index < -0.39 is 0 Å². The number of carbonyl (C=O) groups excluding carboxylic acids is 1. The van der Waals surface area contributed by atoms with Crippen LogP contribution in [0.3, 0.4) is 0 Å². The molecule has 0 aromatic heterocycles. The van der Waals surface area contributed by atoms with Crippen LogP contribution in [-0.2, 0) is 22.7 Å². The Morgan fingerprint density at radius 3 is 2.36 bits per heavy atom. The quantitative estimate of drug-likeness (QED) is 0.278. The predicted molar refractivity (Wildman–Crippen MR) is 142 cm³/mol. The van der Waals surface area contributed by atoms with Crippen LogP contribution in [0.4, 0.5) is 0 Å². The summed E-state index contributed by atoms with van der Waals surface area (Å²) in [4.78, 5) is 20.2. The first-order chi connectivity index (χ1) is 17.6. The van der Waals surface area contributed by atoms with Crippen molar-refractivity contribution in [3.8, 4) is 11.5 Å². The number of amides is 1. The highest BCUT2D eigenvalue weighted by Gasteiger charge is 2.17. The van der Waals surface area contributed by atoms with Gasteiger partial charge in [0, 0.05) is 25.1 Å². The van der Waals surface area contributed by atoms with Gasteiger partial charge in [-0.3, -0.25) is 4.79 Å². The van der Waals surface area contributed by atoms with E-state index in [4.69, 9.17) is 14.3 Å². The predicted octanol–water partition coefficient (Wildman–Crippen LogP) is 5.56. The van der Waals surface area contributed by atoms with Gasteiger partial charge in [0.25, 0.3) is 5.91 Å². The Morgan fingerprint density at radius 1 is 0.917 bits per heavy atom. The van der Waals surface area contributed by atoms with Crippen molar-refractivity contribution < 1.29 is 19.1 Å². The fraction of sp³-hybridized carbons (Fsp3) is 0.333. The van der Waals surface area contributed by atoms with Gasteiger partial charge in [-0.15, -0.1) is 0 Å². The third kappa shape index (κ3) is 7.11. The lowest BCUT2D eigenvalue weighted by molar-refractivity contribution is -0.134. The van der Waals surface area contributed by atoms with Gasteiger partial charge in [0.15, 0.2) is 6.61 Å². The van der Waals surface area contributed by atoms with Crippen molar-refractivity contribution >= 4 is 11.6 Å². The number of oxime groups is 1. The first-order valence-electron chi connectivity index (χ1n) is 12.5. The molecule has 1 amide bonds. The molecule has 0 atom stereocenters. The summed E-state index contributed by atoms with van der Waals surface area (Å²) in [7, 11) is 1.65. The Kier molecular flexibility index (Phi) is 8.98. The molecule has 0 unspecified atom stereocenters. The highest BCUT2D eigenvalue weighted by atomic mass is 16.6. The molecule has 1 fully saturated rings. The number of methoxy groups -OCH3 is 1. The Labute approximate surface area is 213 Å². The molecule has 0 aliphatic carbocycles. The lowest BCUT2D eigenvalue weighted by Crippen LogP contribution is -2.38. The maximum Gasteiger partial charge on any atom is 0.260 e. The van der Waals surface area contributed by atoms with E-state index in [9.17, 15) is 4.79 Å². The lowest BCUT2D eigenvalue weighted by atomic mass is 10.0. The molecule has 4 rings (SSSR count). The fourth-order valence-electron chi connectivity index (χ4n) is 4.25. The minimum Gasteiger partial charge on any atom is -0.497 e. The van der Waals surface area contributed by atoms with Crippen LogP contribution in [0, 0.1) is 6.92 Å². The van der Waals surface area contributed by atoms with Gasteiger partial charge in [0.2, 0.25) is 0 Å². The number of likely N-dealkylation sites (tertiary alicyclic amines) is 1. The van der Waals surface area contributed by atoms with E-state index in [2.05, 4.69) is 17.3 Å². The molecule has 6 nitrogen and oxygen atoms in total. The highest BCUT2D eigenvalue weighted by molar-refractivity contribution is 6.01. The number of carbonyl (C=O) groups is 1. The Hall–Kier alpha value is -3.80. The molecule has 6 heteroatoms. The number of rotatable bonds is 10. The molecule has 1 heterocycles. The second kappa shape index (κ2) is 12.8. The number of nitrogens with zero attached hydrogens (tertiary/aromatic N) is 2. The number of aryl methyl sites for hydroxylation is 1. The SMILES string of the molecule is COc1ccc(CO/N=C(/Cc2ccccc2)c2ccc(OCC(=O)N3CCCCC3)c(C)c2)cc1. The van der Waals surface area contributed by atoms with Crippen molar-refractivity contribution in [2.45, 2.75) is 39.2 Å². The molecule has 1 aliphatic rings. The minimum atomic E-state index is 0.0523. The topological polar surface area (TPSA) is 60.4 Å². The molecule has 3 aromatic carbocycles. The van der Waals surface area contributed by atoms with Gasteiger partial charge in [-0.2, -0.15) is 0 Å². The van der Waals surface area contributed by atoms with Gasteiger partial charge < -0.3 is 19.2 Å². The second-order valence-corrected chi connectivity index (χ2v) is 9.03. The van der Waals surface area contributed by atoms with E-state index in [-0.39, 0.29) is 12.5 Å². The number of hydrogen-bond donors (Lipinski definition) is 0. The first kappa shape index (κ1) is 25.3. The summed E-state index contributed by atoms with van der Waals surface area (Å²) in [6.45, 7) is 4.08. The third-order valence-electron chi connectivity index (χ3n) is 6.35. The first-order valence-corrected chi connectivity index (χ1v) is 12.5. The van der Waals surface area contributed by atoms with Crippen LogP contribution >= 0.6 is 0 Å². The van der Waals surface area contributed by atoms with Crippen LogP contribution in [0.15, 0.2) is 78.0 Å². The van der Waals surface area contributed by atoms with Crippen LogP contribution in [0.25, 0.3) is 0 Å². The Morgan fingerprint density at radius 2 is 1.67 bits per heavy atom. The molecule has 0 spiro atoms. The van der Waals surface area contributed by atoms with E-state index in [1.165, 1.54) is 6.42 Å². The molecule has 3 aromatic rings. The van der Waals surface area contributed by atoms with Crippen LogP contribution < -0.4 is 9.47 Å². The molecule has 0 radical (unpaired) electrons. The summed E-state index contributed by atoms with van der Waals surface area (Å²) in [5.74, 6) is 1.57. The van der Waals surface area contributed by atoms with E-state index in [1.54, 1.807) is 7.11 Å². The summed E-state index contributed by atoms with van der Waals surface area (Å²) < 4.78 is 11.1. The van der Waals surface area contributed by atoms with Crippen LogP contribution in [0.5, 0.6) is 11.5 Å². The number of piperidine rings is 1. The fourth-order valence-corrected chi connectivity index (χ4v) is 4.25. The molecule has 36 heavy (non-hydrogen) atoms. The molecular weight excluding hydrogens is 452 g/mol. The highest BCUT2D eigenvalue weighted by Crippen LogP contribution is 2.22. The third-order valence-corrected chi connectivity index (χ3v) is 6.35. The van der Waals surface area contributed by atoms with Gasteiger partial charge in [0.05, 0.1) is 12.8 Å². The van der Waals surface area contributed by atoms with Gasteiger partial charge in [-0.25, -0.2) is 0 Å². The summed E-state index contributed by atoms with van der Waals surface area (Å²) in [6.07, 6.45) is 3.98. The average molecular weight is 487 g/mol. The molecule has 0 bridgehead atoms. The van der Waals surface area contributed by atoms with Crippen LogP contribution in [0.2, 0.25) is 0 Å². The number of ether oxygens (including phenoxy) is 2. The zero-order chi connectivity index (χ0) is 25.2. The normalized spacial score (nSPS) is 13.8. The van der Waals surface area contributed by atoms with Crippen molar-refractivity contribution in [3.05, 3.63) is 95.1 Å². The van der Waals surface area contributed by atoms with Gasteiger partial charge in [0.1, 0.15) is 18.1 Å². The molecular formula is C30H34N2O4. The van der Waals surface area contributed by atoms with Gasteiger partial charge in [-0.1, -0.05) is 47.6 Å². The number of benzene rings is 3. The van der Waals surface area contributed by atoms with Gasteiger partial charge in [-0.05, 0) is 73.2 Å². The maximum absolute atomic E-state index is 12.5. The van der Waals surface area contributed by atoms with Gasteiger partial charge >= 0.3 is 0 Å². The van der Waals surface area contributed by atoms with E-state index in [0.29, 0.717) is 18.8 Å². The molecule has 1 saturated heterocycles. The minimum absolute atomic E-state index is 0.0523. The van der Waals surface area contributed by atoms with Crippen LogP contribution in [0.1, 0.15) is 41.5 Å². The summed E-state index contributed by atoms with van der Waals surface area (Å²) in [5, 5.41) is 4.52. The van der Waals surface area contributed by atoms with Crippen molar-refractivity contribution in [2.75, 3.05) is 26.8 Å². The monoisotopic (exact) mass is 486 g/mol. The lowest BCUT2D eigenvalue weighted by Gasteiger charge is -2.26. The molecule has 0 N–H and O–H groups in total. The summed E-state index contributed by atoms with van der Waals surface area (Å²) in [6, 6.07) is 23.9. The molecule has 1 aliphatic heterocycles. The zero-order valence-corrected chi connectivity index (χ0v) is 21.1. The maximum atomic E-state index is 12.5. The Bertz CT molecular complexity index is 1150. The van der Waals surface area contributed by atoms with Crippen molar-refractivity contribution in [1.82, 2.24) is 4.90 Å². The van der Waals surface area contributed by atoms with Crippen molar-refractivity contribution in [1.29, 1.82) is 0 Å². The average Bonchev–Trinajstić information content (AvgIpc) is 2.93.